The molecule has 0 saturated heterocycles. The molecule has 4 heterocycles. The van der Waals surface area contributed by atoms with Crippen LogP contribution in [0.4, 0.5) is 0 Å². The topological polar surface area (TPSA) is 54.8 Å². The van der Waals surface area contributed by atoms with Crippen molar-refractivity contribution in [1.82, 2.24) is 9.55 Å². The first-order valence-corrected chi connectivity index (χ1v) is 33.1. The van der Waals surface area contributed by atoms with Crippen molar-refractivity contribution in [2.45, 2.75) is 225 Å². The number of thiophene rings is 1. The zero-order chi connectivity index (χ0) is 73.1. The Morgan fingerprint density at radius 3 is 1.54 bits per heavy atom. The molecule has 4 nitrogen and oxygen atoms in total. The van der Waals surface area contributed by atoms with Crippen molar-refractivity contribution in [3.05, 3.63) is 246 Å². The maximum atomic E-state index is 8.76. The van der Waals surface area contributed by atoms with Gasteiger partial charge in [-0.25, -0.2) is 4.98 Å². The van der Waals surface area contributed by atoms with Gasteiger partial charge < -0.3 is 8.98 Å². The van der Waals surface area contributed by atoms with E-state index in [-0.39, 0.29) is 50.3 Å². The molecule has 5 heteroatoms. The number of aromatic nitrogens is 2. The average Bonchev–Trinajstić information content (AvgIpc) is 1.25. The molecule has 0 saturated carbocycles. The standard InChI is InChI=1S/C22H21N.C17H19NO.C15H24.C12H15N.C12H18.C8H12S/c1-22(2,3)19-14-9-13-18-17-12-7-8-15-20(17)23(21(18)19)16-10-5-4-6-11-16;1-10-6-7-13-12-8-9-14(17(3,4)5)11(2)15(12)19-16(13)18-10;1-11-10-12(14(2,3)4)8-9-13(11)15(5,6)7;1-9-7-11(12(2,3)4)6-5-10(9)8-13;1-9-6-7-11(8-10(9)2)12(3,4)5;1-8(2,3)7-5-4-6-9-7/h4-15H,1-3H3;6-9H,1-5H3;8-10H,1-7H3;5-7H,1-4H3;6-8H,1-5H3;4-6H,1-3H3/i;1D3;8D,9D,10D;;;. The minimum Gasteiger partial charge on any atom is -0.437 e. The maximum absolute atomic E-state index is 8.76. The highest BCUT2D eigenvalue weighted by molar-refractivity contribution is 7.10. The molecule has 0 N–H and O–H groups in total. The first-order chi connectivity index (χ1) is 44.5. The van der Waals surface area contributed by atoms with Crippen molar-refractivity contribution in [2.24, 2.45) is 0 Å². The number of fused-ring (bicyclic) bond motifs is 6. The quantitative estimate of drug-likeness (QED) is 0.165. The molecule has 0 bridgehead atoms. The Morgan fingerprint density at radius 1 is 0.462 bits per heavy atom. The number of aryl methyl sites for hydroxylation is 5. The highest BCUT2D eigenvalue weighted by atomic mass is 32.1. The maximum Gasteiger partial charge on any atom is 0.227 e. The summed E-state index contributed by atoms with van der Waals surface area (Å²) >= 11 is 1.83. The fraction of sp³-hybridized carbons (Fsp3) is 0.395. The minimum absolute atomic E-state index is 0.0223. The van der Waals surface area contributed by atoms with Crippen molar-refractivity contribution < 1.29 is 12.6 Å². The Balaban J connectivity index is 0.000000189. The number of nitrogens with zero attached hydrogens (tertiary/aromatic N) is 3. The highest BCUT2D eigenvalue weighted by Gasteiger charge is 2.25. The number of pyridine rings is 1. The van der Waals surface area contributed by atoms with E-state index in [1.165, 1.54) is 65.8 Å². The van der Waals surface area contributed by atoms with Crippen LogP contribution in [0.3, 0.4) is 0 Å². The van der Waals surface area contributed by atoms with Crippen LogP contribution in [-0.2, 0) is 37.9 Å². The molecule has 0 unspecified atom stereocenters. The largest absolute Gasteiger partial charge is 0.437 e. The normalized spacial score (nSPS) is 13.2. The lowest BCUT2D eigenvalue weighted by Crippen LogP contribution is -2.16. The van der Waals surface area contributed by atoms with Gasteiger partial charge in [0.25, 0.3) is 0 Å². The molecular formula is C86H109N3OS. The van der Waals surface area contributed by atoms with Gasteiger partial charge in [0.2, 0.25) is 5.71 Å². The van der Waals surface area contributed by atoms with Crippen LogP contribution in [0, 0.1) is 52.8 Å². The van der Waals surface area contributed by atoms with Gasteiger partial charge >= 0.3 is 0 Å². The van der Waals surface area contributed by atoms with E-state index in [1.54, 1.807) is 12.1 Å². The van der Waals surface area contributed by atoms with Gasteiger partial charge in [0.05, 0.1) is 26.8 Å². The van der Waals surface area contributed by atoms with E-state index >= 15 is 0 Å². The summed E-state index contributed by atoms with van der Waals surface area (Å²) in [5, 5.41) is 15.4. The Kier molecular flexibility index (Phi) is 20.0. The fourth-order valence-electron chi connectivity index (χ4n) is 10.9. The molecule has 0 fully saturated rings. The molecule has 11 rings (SSSR count). The van der Waals surface area contributed by atoms with Crippen molar-refractivity contribution in [3.63, 3.8) is 0 Å². The number of hydrogen-bond acceptors (Lipinski definition) is 4. The molecule has 0 aliphatic heterocycles. The van der Waals surface area contributed by atoms with Crippen LogP contribution in [0.15, 0.2) is 174 Å². The van der Waals surface area contributed by atoms with E-state index in [9.17, 15) is 0 Å². The lowest BCUT2D eigenvalue weighted by molar-refractivity contribution is 0.573. The van der Waals surface area contributed by atoms with E-state index in [2.05, 4.69) is 254 Å². The third-order valence-electron chi connectivity index (χ3n) is 16.4. The predicted molar refractivity (Wildman–Crippen MR) is 400 cm³/mol. The van der Waals surface area contributed by atoms with Crippen LogP contribution in [0.1, 0.15) is 231 Å². The van der Waals surface area contributed by atoms with E-state index < -0.39 is 6.85 Å². The van der Waals surface area contributed by atoms with Gasteiger partial charge in [-0.05, 0) is 188 Å². The van der Waals surface area contributed by atoms with Gasteiger partial charge in [-0.3, -0.25) is 0 Å². The SMILES string of the molecule is CC(C)(C)c1cccc2c3ccccc3n(-c3ccccc3)c12.CC(C)(C)c1cccs1.Cc1cc(C(C)(C)C)ccc1C#N.Cc1ccc(C(C)(C)C)cc1C.[2H]C([2H])([2H])c1ccc2c(n1)oc1c(C)c(C(C)(C)C)ccc12.[2H]c1c([2H])c(C(C)(C)C)c(C)c([2H])c1C(C)(C)C. The summed E-state index contributed by atoms with van der Waals surface area (Å²) in [7, 11) is 0. The van der Waals surface area contributed by atoms with Crippen molar-refractivity contribution >= 4 is 55.2 Å². The molecule has 0 aliphatic carbocycles. The van der Waals surface area contributed by atoms with Crippen LogP contribution in [-0.4, -0.2) is 9.55 Å². The molecule has 91 heavy (non-hydrogen) atoms. The average molecular weight is 1240 g/mol. The van der Waals surface area contributed by atoms with Crippen LogP contribution < -0.4 is 0 Å². The van der Waals surface area contributed by atoms with Crippen LogP contribution >= 0.6 is 11.3 Å². The first-order valence-electron chi connectivity index (χ1n) is 35.2. The Hall–Kier alpha value is -7.52. The number of hydrogen-bond donors (Lipinski definition) is 0. The number of nitriles is 1. The Labute approximate surface area is 562 Å². The molecule has 4 aromatic heterocycles. The third kappa shape index (κ3) is 18.6. The lowest BCUT2D eigenvalue weighted by Gasteiger charge is -2.25. The molecule has 0 atom stereocenters. The number of rotatable bonds is 1. The van der Waals surface area contributed by atoms with Gasteiger partial charge in [0, 0.05) is 41.9 Å². The second kappa shape index (κ2) is 28.6. The third-order valence-corrected chi connectivity index (χ3v) is 17.7. The number of benzene rings is 7. The number of furan rings is 1. The molecule has 0 amide bonds. The second-order valence-electron chi connectivity index (χ2n) is 31.6. The summed E-state index contributed by atoms with van der Waals surface area (Å²) in [6, 6.07) is 53.6. The summed E-state index contributed by atoms with van der Waals surface area (Å²) in [5.41, 5.74) is 18.8. The van der Waals surface area contributed by atoms with Gasteiger partial charge in [-0.15, -0.1) is 11.3 Å². The van der Waals surface area contributed by atoms with E-state index in [0.717, 1.165) is 44.2 Å². The summed E-state index contributed by atoms with van der Waals surface area (Å²) in [6.07, 6.45) is 0. The highest BCUT2D eigenvalue weighted by Crippen LogP contribution is 2.40. The molecular weight excluding hydrogens is 1120 g/mol. The van der Waals surface area contributed by atoms with Crippen molar-refractivity contribution in [1.29, 1.82) is 5.26 Å². The van der Waals surface area contributed by atoms with E-state index in [0.29, 0.717) is 22.7 Å². The van der Waals surface area contributed by atoms with Crippen LogP contribution in [0.5, 0.6) is 0 Å². The fourth-order valence-corrected chi connectivity index (χ4v) is 11.7. The predicted octanol–water partition coefficient (Wildman–Crippen LogP) is 25.4. The zero-order valence-electron chi connectivity index (χ0n) is 66.1. The molecule has 480 valence electrons. The van der Waals surface area contributed by atoms with Gasteiger partial charge in [0.1, 0.15) is 5.58 Å². The molecule has 0 aliphatic rings. The van der Waals surface area contributed by atoms with Crippen LogP contribution in [0.2, 0.25) is 0 Å². The van der Waals surface area contributed by atoms with Crippen molar-refractivity contribution in [3.8, 4) is 11.8 Å². The first kappa shape index (κ1) is 63.6. The molecule has 11 aromatic rings. The summed E-state index contributed by atoms with van der Waals surface area (Å²) in [6.45, 7) is 53.4. The molecule has 0 spiro atoms. The van der Waals surface area contributed by atoms with Crippen LogP contribution in [0.25, 0.3) is 49.6 Å². The minimum atomic E-state index is -2.22. The number of para-hydroxylation sites is 3. The lowest BCUT2D eigenvalue weighted by atomic mass is 9.80. The van der Waals surface area contributed by atoms with Gasteiger partial charge in [-0.1, -0.05) is 267 Å². The Bertz CT molecular complexity index is 4490. The van der Waals surface area contributed by atoms with Gasteiger partial charge in [-0.2, -0.15) is 5.26 Å². The van der Waals surface area contributed by atoms with E-state index in [4.69, 9.17) is 17.9 Å². The smallest absolute Gasteiger partial charge is 0.227 e. The Morgan fingerprint density at radius 2 is 1.02 bits per heavy atom. The summed E-state index contributed by atoms with van der Waals surface area (Å²) < 4.78 is 55.5. The monoisotopic (exact) mass is 1240 g/mol. The molecule has 0 radical (unpaired) electrons. The summed E-state index contributed by atoms with van der Waals surface area (Å²) in [5.74, 6) is 0. The van der Waals surface area contributed by atoms with Gasteiger partial charge in [0.15, 0.2) is 0 Å². The van der Waals surface area contributed by atoms with Crippen molar-refractivity contribution in [2.75, 3.05) is 0 Å². The zero-order valence-corrected chi connectivity index (χ0v) is 60.9. The summed E-state index contributed by atoms with van der Waals surface area (Å²) in [4.78, 5) is 5.65. The van der Waals surface area contributed by atoms with E-state index in [1.807, 2.05) is 91.8 Å². The second-order valence-corrected chi connectivity index (χ2v) is 32.5. The molecule has 7 aromatic carbocycles.